The highest BCUT2D eigenvalue weighted by atomic mass is 16.3. The van der Waals surface area contributed by atoms with E-state index in [1.165, 1.54) is 12.8 Å². The van der Waals surface area contributed by atoms with Crippen molar-refractivity contribution in [3.8, 4) is 0 Å². The lowest BCUT2D eigenvalue weighted by Gasteiger charge is -2.38. The van der Waals surface area contributed by atoms with Crippen LogP contribution in [0, 0.1) is 5.41 Å². The highest BCUT2D eigenvalue weighted by molar-refractivity contribution is 5.08. The van der Waals surface area contributed by atoms with Gasteiger partial charge in [-0.05, 0) is 38.5 Å². The SMILES string of the molecule is CCC(C)NC(C)(CO)C1(C)CC1. The number of rotatable bonds is 5. The first kappa shape index (κ1) is 11.0. The van der Waals surface area contributed by atoms with E-state index in [2.05, 4.69) is 33.0 Å². The zero-order valence-electron chi connectivity index (χ0n) is 9.35. The largest absolute Gasteiger partial charge is 0.394 e. The molecule has 13 heavy (non-hydrogen) atoms. The van der Waals surface area contributed by atoms with Gasteiger partial charge in [0.25, 0.3) is 0 Å². The van der Waals surface area contributed by atoms with E-state index in [0.29, 0.717) is 11.5 Å². The van der Waals surface area contributed by atoms with Crippen molar-refractivity contribution in [2.24, 2.45) is 5.41 Å². The van der Waals surface area contributed by atoms with Crippen LogP contribution in [0.1, 0.15) is 47.0 Å². The van der Waals surface area contributed by atoms with Crippen LogP contribution in [-0.4, -0.2) is 23.3 Å². The quantitative estimate of drug-likeness (QED) is 0.686. The Labute approximate surface area is 81.7 Å². The third-order valence-corrected chi connectivity index (χ3v) is 3.83. The monoisotopic (exact) mass is 185 g/mol. The van der Waals surface area contributed by atoms with Gasteiger partial charge in [0.05, 0.1) is 6.61 Å². The molecule has 0 heterocycles. The normalized spacial score (nSPS) is 26.5. The van der Waals surface area contributed by atoms with Gasteiger partial charge in [0.2, 0.25) is 0 Å². The van der Waals surface area contributed by atoms with E-state index in [-0.39, 0.29) is 12.1 Å². The molecule has 0 amide bonds. The van der Waals surface area contributed by atoms with Crippen molar-refractivity contribution in [1.29, 1.82) is 0 Å². The van der Waals surface area contributed by atoms with E-state index < -0.39 is 0 Å². The Morgan fingerprint density at radius 1 is 1.54 bits per heavy atom. The molecule has 0 aromatic carbocycles. The summed E-state index contributed by atoms with van der Waals surface area (Å²) in [5, 5.41) is 13.0. The molecule has 2 unspecified atom stereocenters. The fourth-order valence-corrected chi connectivity index (χ4v) is 1.80. The summed E-state index contributed by atoms with van der Waals surface area (Å²) in [7, 11) is 0. The molecule has 1 aliphatic rings. The number of nitrogens with one attached hydrogen (secondary N) is 1. The standard InChI is InChI=1S/C11H23NO/c1-5-9(2)12-11(4,8-13)10(3)6-7-10/h9,12-13H,5-8H2,1-4H3. The van der Waals surface area contributed by atoms with Crippen molar-refractivity contribution in [1.82, 2.24) is 5.32 Å². The number of aliphatic hydroxyl groups excluding tert-OH is 1. The molecule has 2 N–H and O–H groups in total. The van der Waals surface area contributed by atoms with Gasteiger partial charge in [0, 0.05) is 11.6 Å². The highest BCUT2D eigenvalue weighted by Gasteiger charge is 2.52. The molecule has 0 saturated heterocycles. The van der Waals surface area contributed by atoms with E-state index in [0.717, 1.165) is 6.42 Å². The van der Waals surface area contributed by atoms with Crippen LogP contribution in [0.15, 0.2) is 0 Å². The summed E-state index contributed by atoms with van der Waals surface area (Å²) in [6.07, 6.45) is 3.60. The Morgan fingerprint density at radius 2 is 2.08 bits per heavy atom. The van der Waals surface area contributed by atoms with Gasteiger partial charge in [-0.1, -0.05) is 13.8 Å². The van der Waals surface area contributed by atoms with Crippen molar-refractivity contribution < 1.29 is 5.11 Å². The van der Waals surface area contributed by atoms with Crippen molar-refractivity contribution in [3.05, 3.63) is 0 Å². The highest BCUT2D eigenvalue weighted by Crippen LogP contribution is 2.53. The van der Waals surface area contributed by atoms with Crippen LogP contribution in [0.5, 0.6) is 0 Å². The molecule has 0 bridgehead atoms. The average Bonchev–Trinajstić information content (AvgIpc) is 2.84. The number of hydrogen-bond donors (Lipinski definition) is 2. The van der Waals surface area contributed by atoms with E-state index in [4.69, 9.17) is 0 Å². The van der Waals surface area contributed by atoms with Crippen LogP contribution in [0.4, 0.5) is 0 Å². The number of aliphatic hydroxyl groups is 1. The lowest BCUT2D eigenvalue weighted by Crippen LogP contribution is -2.55. The van der Waals surface area contributed by atoms with Crippen molar-refractivity contribution in [3.63, 3.8) is 0 Å². The minimum absolute atomic E-state index is 0.0809. The van der Waals surface area contributed by atoms with Gasteiger partial charge in [0.15, 0.2) is 0 Å². The summed E-state index contributed by atoms with van der Waals surface area (Å²) in [6, 6.07) is 0.495. The van der Waals surface area contributed by atoms with Crippen LogP contribution in [0.25, 0.3) is 0 Å². The van der Waals surface area contributed by atoms with Crippen LogP contribution in [0.2, 0.25) is 0 Å². The maximum atomic E-state index is 9.44. The molecule has 0 aliphatic heterocycles. The molecular weight excluding hydrogens is 162 g/mol. The molecule has 2 heteroatoms. The van der Waals surface area contributed by atoms with Gasteiger partial charge >= 0.3 is 0 Å². The zero-order valence-corrected chi connectivity index (χ0v) is 9.35. The van der Waals surface area contributed by atoms with Gasteiger partial charge < -0.3 is 10.4 Å². The van der Waals surface area contributed by atoms with Crippen LogP contribution >= 0.6 is 0 Å². The Morgan fingerprint density at radius 3 is 2.38 bits per heavy atom. The predicted molar refractivity (Wildman–Crippen MR) is 55.7 cm³/mol. The van der Waals surface area contributed by atoms with Gasteiger partial charge in [-0.2, -0.15) is 0 Å². The Bertz CT molecular complexity index is 177. The lowest BCUT2D eigenvalue weighted by molar-refractivity contribution is 0.102. The van der Waals surface area contributed by atoms with Gasteiger partial charge in [0.1, 0.15) is 0 Å². The minimum atomic E-state index is -0.0809. The summed E-state index contributed by atoms with van der Waals surface area (Å²) in [6.45, 7) is 9.00. The second-order valence-electron chi connectivity index (χ2n) is 5.00. The fourth-order valence-electron chi connectivity index (χ4n) is 1.80. The first-order valence-corrected chi connectivity index (χ1v) is 5.36. The molecule has 1 aliphatic carbocycles. The molecular formula is C11H23NO. The molecule has 78 valence electrons. The van der Waals surface area contributed by atoms with Gasteiger partial charge in [-0.15, -0.1) is 0 Å². The molecule has 1 saturated carbocycles. The number of hydrogen-bond acceptors (Lipinski definition) is 2. The predicted octanol–water partition coefficient (Wildman–Crippen LogP) is 1.93. The Hall–Kier alpha value is -0.0800. The average molecular weight is 185 g/mol. The summed E-state index contributed by atoms with van der Waals surface area (Å²) < 4.78 is 0. The Kier molecular flexibility index (Phi) is 3.03. The summed E-state index contributed by atoms with van der Waals surface area (Å²) in [5.74, 6) is 0. The third-order valence-electron chi connectivity index (χ3n) is 3.83. The Balaban J connectivity index is 2.59. The third kappa shape index (κ3) is 2.05. The molecule has 0 radical (unpaired) electrons. The van der Waals surface area contributed by atoms with E-state index in [1.54, 1.807) is 0 Å². The molecule has 0 aromatic heterocycles. The van der Waals surface area contributed by atoms with Crippen molar-refractivity contribution >= 4 is 0 Å². The summed E-state index contributed by atoms with van der Waals surface area (Å²) in [4.78, 5) is 0. The van der Waals surface area contributed by atoms with E-state index >= 15 is 0 Å². The minimum Gasteiger partial charge on any atom is -0.394 e. The van der Waals surface area contributed by atoms with Crippen molar-refractivity contribution in [2.45, 2.75) is 58.5 Å². The topological polar surface area (TPSA) is 32.3 Å². The first-order valence-electron chi connectivity index (χ1n) is 5.36. The van der Waals surface area contributed by atoms with Gasteiger partial charge in [-0.25, -0.2) is 0 Å². The maximum absolute atomic E-state index is 9.44. The van der Waals surface area contributed by atoms with Crippen LogP contribution < -0.4 is 5.32 Å². The molecule has 1 fully saturated rings. The van der Waals surface area contributed by atoms with E-state index in [1.807, 2.05) is 0 Å². The summed E-state index contributed by atoms with van der Waals surface area (Å²) >= 11 is 0. The van der Waals surface area contributed by atoms with E-state index in [9.17, 15) is 5.11 Å². The second kappa shape index (κ2) is 3.58. The summed E-state index contributed by atoms with van der Waals surface area (Å²) in [5.41, 5.74) is 0.244. The first-order chi connectivity index (χ1) is 5.97. The van der Waals surface area contributed by atoms with Crippen molar-refractivity contribution in [2.75, 3.05) is 6.61 Å². The molecule has 2 nitrogen and oxygen atoms in total. The lowest BCUT2D eigenvalue weighted by atomic mass is 9.83. The molecule has 0 aromatic rings. The molecule has 1 rings (SSSR count). The van der Waals surface area contributed by atoms with Gasteiger partial charge in [-0.3, -0.25) is 0 Å². The second-order valence-corrected chi connectivity index (χ2v) is 5.00. The van der Waals surface area contributed by atoms with Crippen LogP contribution in [-0.2, 0) is 0 Å². The molecule has 2 atom stereocenters. The smallest absolute Gasteiger partial charge is 0.0616 e. The maximum Gasteiger partial charge on any atom is 0.0616 e. The van der Waals surface area contributed by atoms with Crippen LogP contribution in [0.3, 0.4) is 0 Å². The fraction of sp³-hybridized carbons (Fsp3) is 1.00. The molecule has 0 spiro atoms. The zero-order chi connectivity index (χ0) is 10.1.